The van der Waals surface area contributed by atoms with Gasteiger partial charge >= 0.3 is 6.09 Å². The Balaban J connectivity index is 2.50. The summed E-state index contributed by atoms with van der Waals surface area (Å²) in [7, 11) is 0. The van der Waals surface area contributed by atoms with Crippen LogP contribution in [0, 0.1) is 12.7 Å². The lowest BCUT2D eigenvalue weighted by atomic mass is 10.1. The first kappa shape index (κ1) is 16.3. The van der Waals surface area contributed by atoms with Crippen molar-refractivity contribution in [3.8, 4) is 11.1 Å². The van der Waals surface area contributed by atoms with E-state index in [1.165, 1.54) is 12.1 Å². The average molecular weight is 327 g/mol. The van der Waals surface area contributed by atoms with Crippen molar-refractivity contribution in [1.29, 1.82) is 0 Å². The van der Waals surface area contributed by atoms with Gasteiger partial charge in [-0.25, -0.2) is 9.18 Å². The molecule has 0 saturated carbocycles. The van der Waals surface area contributed by atoms with Crippen LogP contribution in [0.1, 0.15) is 26.5 Å². The molecular weight excluding hydrogens is 311 g/mol. The first-order valence-electron chi connectivity index (χ1n) is 6.60. The summed E-state index contributed by atoms with van der Waals surface area (Å²) in [6.45, 7) is 6.70. The number of aryl methyl sites for hydroxylation is 1. The fourth-order valence-corrected chi connectivity index (χ4v) is 2.09. The summed E-state index contributed by atoms with van der Waals surface area (Å²) < 4.78 is 19.5. The second kappa shape index (κ2) is 5.61. The number of carbonyl (C=O) groups excluding carboxylic acids is 1. The van der Waals surface area contributed by atoms with Crippen molar-refractivity contribution in [2.45, 2.75) is 33.3 Å². The molecule has 2 rings (SSSR count). The lowest BCUT2D eigenvalue weighted by molar-refractivity contribution is 0.0508. The van der Waals surface area contributed by atoms with E-state index in [1.54, 1.807) is 27.7 Å². The highest BCUT2D eigenvalue weighted by atomic mass is 35.5. The van der Waals surface area contributed by atoms with Gasteiger partial charge in [0.05, 0.1) is 10.6 Å². The molecule has 118 valence electrons. The minimum Gasteiger partial charge on any atom is -0.442 e. The zero-order chi connectivity index (χ0) is 16.7. The third kappa shape index (κ3) is 3.22. The van der Waals surface area contributed by atoms with E-state index in [-0.39, 0.29) is 10.6 Å². The van der Waals surface area contributed by atoms with Crippen molar-refractivity contribution in [3.63, 3.8) is 0 Å². The molecule has 0 atom stereocenters. The van der Waals surface area contributed by atoms with E-state index in [4.69, 9.17) is 16.3 Å². The molecule has 2 aromatic rings. The van der Waals surface area contributed by atoms with Gasteiger partial charge in [-0.05, 0) is 45.4 Å². The summed E-state index contributed by atoms with van der Waals surface area (Å²) in [5, 5.41) is 2.60. The summed E-state index contributed by atoms with van der Waals surface area (Å²) >= 11 is 5.64. The van der Waals surface area contributed by atoms with Crippen LogP contribution >= 0.6 is 11.6 Å². The lowest BCUT2D eigenvalue weighted by Crippen LogP contribution is -2.33. The fourth-order valence-electron chi connectivity index (χ4n) is 1.97. The average Bonchev–Trinajstić information content (AvgIpc) is 2.67. The number of rotatable bonds is 1. The van der Waals surface area contributed by atoms with Crippen LogP contribution in [-0.2, 0) is 4.74 Å². The third-order valence-corrected chi connectivity index (χ3v) is 3.16. The zero-order valence-electron chi connectivity index (χ0n) is 12.7. The zero-order valence-corrected chi connectivity index (χ0v) is 13.4. The molecule has 0 aliphatic rings. The first-order chi connectivity index (χ1) is 10.1. The van der Waals surface area contributed by atoms with E-state index < -0.39 is 23.1 Å². The second-order valence-corrected chi connectivity index (χ2v) is 6.27. The van der Waals surface area contributed by atoms with Gasteiger partial charge < -0.3 is 4.74 Å². The molecule has 1 N–H and O–H groups in total. The maximum Gasteiger partial charge on any atom is 0.436 e. The minimum absolute atomic E-state index is 0.0376. The van der Waals surface area contributed by atoms with Crippen molar-refractivity contribution in [3.05, 3.63) is 45.1 Å². The second-order valence-electron chi connectivity index (χ2n) is 5.86. The molecule has 0 saturated heterocycles. The van der Waals surface area contributed by atoms with E-state index in [0.29, 0.717) is 11.3 Å². The van der Waals surface area contributed by atoms with Gasteiger partial charge in [0.1, 0.15) is 11.4 Å². The Morgan fingerprint density at radius 1 is 1.36 bits per heavy atom. The molecule has 0 fully saturated rings. The number of hydrogen-bond donors (Lipinski definition) is 1. The Hall–Kier alpha value is -2.08. The Bertz CT molecular complexity index is 787. The summed E-state index contributed by atoms with van der Waals surface area (Å²) in [6.07, 6.45) is -0.818. The van der Waals surface area contributed by atoms with Crippen LogP contribution in [0.3, 0.4) is 0 Å². The van der Waals surface area contributed by atoms with E-state index in [9.17, 15) is 14.0 Å². The number of H-pyrrole nitrogens is 1. The molecule has 0 aliphatic heterocycles. The van der Waals surface area contributed by atoms with Crippen molar-refractivity contribution in [2.24, 2.45) is 0 Å². The van der Waals surface area contributed by atoms with Crippen molar-refractivity contribution < 1.29 is 13.9 Å². The number of nitrogens with one attached hydrogen (secondary N) is 1. The highest BCUT2D eigenvalue weighted by Gasteiger charge is 2.23. The van der Waals surface area contributed by atoms with Gasteiger partial charge in [0, 0.05) is 5.69 Å². The number of ether oxygens (including phenoxy) is 1. The summed E-state index contributed by atoms with van der Waals surface area (Å²) in [6, 6.07) is 4.03. The molecule has 0 spiro atoms. The molecule has 0 radical (unpaired) electrons. The van der Waals surface area contributed by atoms with Gasteiger partial charge in [0.15, 0.2) is 0 Å². The fraction of sp³-hybridized carbons (Fsp3) is 0.333. The Labute approximate surface area is 131 Å². The van der Waals surface area contributed by atoms with Crippen LogP contribution in [0.5, 0.6) is 0 Å². The molecule has 7 heteroatoms. The molecular formula is C15H16ClFN2O3. The maximum absolute atomic E-state index is 13.6. The van der Waals surface area contributed by atoms with Crippen molar-refractivity contribution in [1.82, 2.24) is 9.78 Å². The summed E-state index contributed by atoms with van der Waals surface area (Å²) in [5.41, 5.74) is -0.377. The molecule has 1 heterocycles. The van der Waals surface area contributed by atoms with E-state index in [2.05, 4.69) is 5.10 Å². The number of halogens is 2. The SMILES string of the molecule is Cc1[nH]n(C(=O)OC(C)(C)C)c(=O)c1-c1ccc(Cl)c(F)c1. The summed E-state index contributed by atoms with van der Waals surface area (Å²) in [5.74, 6) is -0.636. The number of aromatic amines is 1. The largest absolute Gasteiger partial charge is 0.442 e. The van der Waals surface area contributed by atoms with E-state index in [1.807, 2.05) is 0 Å². The summed E-state index contributed by atoms with van der Waals surface area (Å²) in [4.78, 5) is 24.4. The highest BCUT2D eigenvalue weighted by Crippen LogP contribution is 2.24. The van der Waals surface area contributed by atoms with Gasteiger partial charge in [0.25, 0.3) is 5.56 Å². The van der Waals surface area contributed by atoms with Gasteiger partial charge in [-0.3, -0.25) is 9.89 Å². The molecule has 0 amide bonds. The molecule has 0 aliphatic carbocycles. The van der Waals surface area contributed by atoms with Crippen LogP contribution in [0.15, 0.2) is 23.0 Å². The predicted molar refractivity (Wildman–Crippen MR) is 81.8 cm³/mol. The molecule has 22 heavy (non-hydrogen) atoms. The molecule has 0 bridgehead atoms. The van der Waals surface area contributed by atoms with E-state index in [0.717, 1.165) is 10.7 Å². The van der Waals surface area contributed by atoms with Crippen LogP contribution < -0.4 is 5.56 Å². The topological polar surface area (TPSA) is 64.1 Å². The highest BCUT2D eigenvalue weighted by molar-refractivity contribution is 6.30. The smallest absolute Gasteiger partial charge is 0.436 e. The van der Waals surface area contributed by atoms with Crippen LogP contribution in [0.4, 0.5) is 9.18 Å². The Kier molecular flexibility index (Phi) is 4.15. The number of aromatic nitrogens is 2. The third-order valence-electron chi connectivity index (χ3n) is 2.86. The lowest BCUT2D eigenvalue weighted by Gasteiger charge is -2.18. The number of nitrogens with zero attached hydrogens (tertiary/aromatic N) is 1. The quantitative estimate of drug-likeness (QED) is 0.868. The molecule has 0 unspecified atom stereocenters. The maximum atomic E-state index is 13.6. The number of carbonyl (C=O) groups is 1. The first-order valence-corrected chi connectivity index (χ1v) is 6.98. The number of benzene rings is 1. The molecule has 5 nitrogen and oxygen atoms in total. The molecule has 1 aromatic heterocycles. The van der Waals surface area contributed by atoms with Crippen LogP contribution in [-0.4, -0.2) is 21.5 Å². The predicted octanol–water partition coefficient (Wildman–Crippen LogP) is 3.73. The van der Waals surface area contributed by atoms with Gasteiger partial charge in [-0.1, -0.05) is 17.7 Å². The van der Waals surface area contributed by atoms with Crippen molar-refractivity contribution in [2.75, 3.05) is 0 Å². The number of hydrogen-bond acceptors (Lipinski definition) is 3. The van der Waals surface area contributed by atoms with Gasteiger partial charge in [0.2, 0.25) is 0 Å². The van der Waals surface area contributed by atoms with Gasteiger partial charge in [-0.15, -0.1) is 4.68 Å². The minimum atomic E-state index is -0.818. The monoisotopic (exact) mass is 326 g/mol. The Morgan fingerprint density at radius 2 is 2.00 bits per heavy atom. The van der Waals surface area contributed by atoms with Gasteiger partial charge in [-0.2, -0.15) is 0 Å². The standard InChI is InChI=1S/C15H16ClFN2O3/c1-8-12(9-5-6-10(16)11(17)7-9)13(20)19(18-8)14(21)22-15(2,3)4/h5-7,18H,1-4H3. The Morgan fingerprint density at radius 3 is 2.55 bits per heavy atom. The van der Waals surface area contributed by atoms with Crippen LogP contribution in [0.25, 0.3) is 11.1 Å². The van der Waals surface area contributed by atoms with E-state index >= 15 is 0 Å². The normalized spacial score (nSPS) is 11.5. The van der Waals surface area contributed by atoms with Crippen LogP contribution in [0.2, 0.25) is 5.02 Å². The molecule has 1 aromatic carbocycles. The van der Waals surface area contributed by atoms with Crippen molar-refractivity contribution >= 4 is 17.7 Å².